The van der Waals surface area contributed by atoms with Gasteiger partial charge in [-0.1, -0.05) is 11.6 Å². The topological polar surface area (TPSA) is 41.6 Å². The second-order valence-electron chi connectivity index (χ2n) is 4.56. The van der Waals surface area contributed by atoms with E-state index in [4.69, 9.17) is 16.3 Å². The van der Waals surface area contributed by atoms with Gasteiger partial charge >= 0.3 is 0 Å². The highest BCUT2D eigenvalue weighted by atomic mass is 35.5. The number of amides is 1. The van der Waals surface area contributed by atoms with Crippen molar-refractivity contribution in [3.63, 3.8) is 0 Å². The van der Waals surface area contributed by atoms with Gasteiger partial charge in [0.05, 0.1) is 19.0 Å². The molecule has 0 unspecified atom stereocenters. The lowest BCUT2D eigenvalue weighted by Gasteiger charge is -2.26. The maximum absolute atomic E-state index is 11.7. The summed E-state index contributed by atoms with van der Waals surface area (Å²) in [7, 11) is 0. The monoisotopic (exact) mass is 314 g/mol. The Morgan fingerprint density at radius 2 is 2.00 bits per heavy atom. The summed E-state index contributed by atoms with van der Waals surface area (Å²) >= 11 is 7.45. The van der Waals surface area contributed by atoms with Crippen molar-refractivity contribution in [2.75, 3.05) is 49.7 Å². The molecule has 110 valence electrons. The molecule has 0 radical (unpaired) electrons. The SMILES string of the molecule is O=C(CSCCN1CCOCC1)Nc1ccc(Cl)cc1. The van der Waals surface area contributed by atoms with Gasteiger partial charge in [-0.15, -0.1) is 0 Å². The minimum atomic E-state index is 0.0271. The summed E-state index contributed by atoms with van der Waals surface area (Å²) in [6, 6.07) is 7.14. The van der Waals surface area contributed by atoms with Crippen molar-refractivity contribution in [1.29, 1.82) is 0 Å². The van der Waals surface area contributed by atoms with E-state index in [0.717, 1.165) is 44.3 Å². The summed E-state index contributed by atoms with van der Waals surface area (Å²) in [4.78, 5) is 14.1. The summed E-state index contributed by atoms with van der Waals surface area (Å²) in [5.74, 6) is 1.47. The number of nitrogens with one attached hydrogen (secondary N) is 1. The van der Waals surface area contributed by atoms with E-state index in [1.165, 1.54) is 0 Å². The van der Waals surface area contributed by atoms with Crippen LogP contribution in [0, 0.1) is 0 Å². The first-order valence-corrected chi connectivity index (χ1v) is 8.20. The standard InChI is InChI=1S/C14H19ClN2O2S/c15-12-1-3-13(4-2-12)16-14(18)11-20-10-7-17-5-8-19-9-6-17/h1-4H,5-11H2,(H,16,18). The van der Waals surface area contributed by atoms with Gasteiger partial charge in [-0.2, -0.15) is 11.8 Å². The molecule has 1 aliphatic rings. The molecule has 2 rings (SSSR count). The van der Waals surface area contributed by atoms with Crippen LogP contribution in [-0.2, 0) is 9.53 Å². The minimum absolute atomic E-state index is 0.0271. The Morgan fingerprint density at radius 3 is 2.70 bits per heavy atom. The number of benzene rings is 1. The zero-order chi connectivity index (χ0) is 14.2. The van der Waals surface area contributed by atoms with Crippen molar-refractivity contribution in [2.45, 2.75) is 0 Å². The number of morpholine rings is 1. The second kappa shape index (κ2) is 8.52. The number of ether oxygens (including phenoxy) is 1. The number of carbonyl (C=O) groups excluding carboxylic acids is 1. The van der Waals surface area contributed by atoms with E-state index in [1.807, 2.05) is 0 Å². The van der Waals surface area contributed by atoms with Gasteiger partial charge in [-0.25, -0.2) is 0 Å². The van der Waals surface area contributed by atoms with Gasteiger partial charge in [0, 0.05) is 36.1 Å². The Bertz CT molecular complexity index is 422. The maximum Gasteiger partial charge on any atom is 0.234 e. The number of halogens is 1. The zero-order valence-electron chi connectivity index (χ0n) is 11.3. The molecule has 6 heteroatoms. The van der Waals surface area contributed by atoms with Crippen LogP contribution in [-0.4, -0.2) is 55.2 Å². The van der Waals surface area contributed by atoms with Crippen LogP contribution < -0.4 is 5.32 Å². The van der Waals surface area contributed by atoms with E-state index in [2.05, 4.69) is 10.2 Å². The highest BCUT2D eigenvalue weighted by molar-refractivity contribution is 7.99. The van der Waals surface area contributed by atoms with E-state index < -0.39 is 0 Å². The highest BCUT2D eigenvalue weighted by Crippen LogP contribution is 2.13. The lowest BCUT2D eigenvalue weighted by molar-refractivity contribution is -0.113. The first-order valence-electron chi connectivity index (χ1n) is 6.67. The van der Waals surface area contributed by atoms with Gasteiger partial charge in [0.25, 0.3) is 0 Å². The molecule has 1 aliphatic heterocycles. The summed E-state index contributed by atoms with van der Waals surface area (Å²) in [6.07, 6.45) is 0. The van der Waals surface area contributed by atoms with Crippen molar-refractivity contribution < 1.29 is 9.53 Å². The highest BCUT2D eigenvalue weighted by Gasteiger charge is 2.10. The molecule has 1 N–H and O–H groups in total. The number of anilines is 1. The normalized spacial score (nSPS) is 16.1. The Hall–Kier alpha value is -0.750. The number of rotatable bonds is 6. The first-order chi connectivity index (χ1) is 9.74. The Balaban J connectivity index is 1.59. The average molecular weight is 315 g/mol. The Kier molecular flexibility index (Phi) is 6.66. The van der Waals surface area contributed by atoms with E-state index in [0.29, 0.717) is 10.8 Å². The summed E-state index contributed by atoms with van der Waals surface area (Å²) in [5.41, 5.74) is 0.785. The van der Waals surface area contributed by atoms with Crippen LogP contribution in [0.25, 0.3) is 0 Å². The summed E-state index contributed by atoms with van der Waals surface area (Å²) < 4.78 is 5.30. The van der Waals surface area contributed by atoms with Gasteiger partial charge in [0.1, 0.15) is 0 Å². The van der Waals surface area contributed by atoms with E-state index in [-0.39, 0.29) is 5.91 Å². The van der Waals surface area contributed by atoms with Crippen molar-refractivity contribution in [3.05, 3.63) is 29.3 Å². The number of thioether (sulfide) groups is 1. The van der Waals surface area contributed by atoms with Crippen LogP contribution in [0.2, 0.25) is 5.02 Å². The van der Waals surface area contributed by atoms with Gasteiger partial charge in [-0.05, 0) is 24.3 Å². The molecule has 4 nitrogen and oxygen atoms in total. The quantitative estimate of drug-likeness (QED) is 0.818. The molecule has 1 amide bonds. The molecule has 0 spiro atoms. The third-order valence-electron chi connectivity index (χ3n) is 3.02. The second-order valence-corrected chi connectivity index (χ2v) is 6.10. The van der Waals surface area contributed by atoms with Crippen LogP contribution in [0.15, 0.2) is 24.3 Å². The number of carbonyl (C=O) groups is 1. The van der Waals surface area contributed by atoms with Crippen molar-refractivity contribution >= 4 is 35.0 Å². The lowest BCUT2D eigenvalue weighted by atomic mass is 10.3. The third-order valence-corrected chi connectivity index (χ3v) is 4.21. The zero-order valence-corrected chi connectivity index (χ0v) is 12.9. The van der Waals surface area contributed by atoms with Crippen LogP contribution in [0.1, 0.15) is 0 Å². The van der Waals surface area contributed by atoms with Gasteiger partial charge < -0.3 is 10.1 Å². The molecule has 1 saturated heterocycles. The van der Waals surface area contributed by atoms with Gasteiger partial charge in [0.2, 0.25) is 5.91 Å². The van der Waals surface area contributed by atoms with E-state index in [1.54, 1.807) is 36.0 Å². The van der Waals surface area contributed by atoms with E-state index >= 15 is 0 Å². The molecule has 0 bridgehead atoms. The van der Waals surface area contributed by atoms with Crippen molar-refractivity contribution in [3.8, 4) is 0 Å². The fourth-order valence-corrected chi connectivity index (χ4v) is 2.83. The lowest BCUT2D eigenvalue weighted by Crippen LogP contribution is -2.37. The molecular formula is C14H19ClN2O2S. The molecule has 0 saturated carbocycles. The van der Waals surface area contributed by atoms with Crippen molar-refractivity contribution in [2.24, 2.45) is 0 Å². The third kappa shape index (κ3) is 5.71. The van der Waals surface area contributed by atoms with Crippen LogP contribution in [0.4, 0.5) is 5.69 Å². The predicted molar refractivity (Wildman–Crippen MR) is 84.7 cm³/mol. The first kappa shape index (κ1) is 15.6. The predicted octanol–water partition coefficient (Wildman–Crippen LogP) is 2.34. The van der Waals surface area contributed by atoms with Gasteiger partial charge in [0.15, 0.2) is 0 Å². The average Bonchev–Trinajstić information content (AvgIpc) is 2.47. The van der Waals surface area contributed by atoms with E-state index in [9.17, 15) is 4.79 Å². The molecule has 0 aromatic heterocycles. The smallest absolute Gasteiger partial charge is 0.234 e. The molecule has 1 aromatic rings. The molecule has 0 atom stereocenters. The summed E-state index contributed by atoms with van der Waals surface area (Å²) in [6.45, 7) is 4.65. The Labute approximate surface area is 128 Å². The molecule has 1 aromatic carbocycles. The molecule has 1 heterocycles. The van der Waals surface area contributed by atoms with Crippen molar-refractivity contribution in [1.82, 2.24) is 4.90 Å². The number of hydrogen-bond acceptors (Lipinski definition) is 4. The maximum atomic E-state index is 11.7. The van der Waals surface area contributed by atoms with Gasteiger partial charge in [-0.3, -0.25) is 9.69 Å². The largest absolute Gasteiger partial charge is 0.379 e. The molecule has 0 aliphatic carbocycles. The molecule has 1 fully saturated rings. The minimum Gasteiger partial charge on any atom is -0.379 e. The summed E-state index contributed by atoms with van der Waals surface area (Å²) in [5, 5.41) is 3.52. The van der Waals surface area contributed by atoms with Crippen LogP contribution in [0.3, 0.4) is 0 Å². The number of nitrogens with zero attached hydrogens (tertiary/aromatic N) is 1. The fraction of sp³-hybridized carbons (Fsp3) is 0.500. The molecular weight excluding hydrogens is 296 g/mol. The molecule has 20 heavy (non-hydrogen) atoms. The Morgan fingerprint density at radius 1 is 1.30 bits per heavy atom. The van der Waals surface area contributed by atoms with Crippen LogP contribution >= 0.6 is 23.4 Å². The fourth-order valence-electron chi connectivity index (χ4n) is 1.91. The number of hydrogen-bond donors (Lipinski definition) is 1. The van der Waals surface area contributed by atoms with Crippen LogP contribution in [0.5, 0.6) is 0 Å².